The molecule has 8 nitrogen and oxygen atoms in total. The molecule has 2 aromatic carbocycles. The summed E-state index contributed by atoms with van der Waals surface area (Å²) in [5.41, 5.74) is 3.99. The number of thiazole rings is 1. The minimum absolute atomic E-state index is 0.155. The van der Waals surface area contributed by atoms with E-state index in [1.54, 1.807) is 48.0 Å². The molecule has 0 spiro atoms. The molecule has 0 unspecified atom stereocenters. The molecule has 30 heavy (non-hydrogen) atoms. The number of carbonyl (C=O) groups is 1. The SMILES string of the molecule is COc1cc(C(=O)NCc2ccccc2NS(C)(=O)=O)ccc1OCc1cscn1. The third-order valence-corrected chi connectivity index (χ3v) is 5.26. The molecule has 0 radical (unpaired) electrons. The van der Waals surface area contributed by atoms with Gasteiger partial charge in [-0.25, -0.2) is 13.4 Å². The van der Waals surface area contributed by atoms with Gasteiger partial charge in [0, 0.05) is 17.5 Å². The number of rotatable bonds is 9. The van der Waals surface area contributed by atoms with Crippen molar-refractivity contribution in [1.29, 1.82) is 0 Å². The van der Waals surface area contributed by atoms with Crippen LogP contribution in [-0.4, -0.2) is 32.7 Å². The van der Waals surface area contributed by atoms with Crippen LogP contribution in [0.1, 0.15) is 21.6 Å². The zero-order valence-corrected chi connectivity index (χ0v) is 18.0. The second-order valence-corrected chi connectivity index (χ2v) is 8.82. The molecule has 1 amide bonds. The highest BCUT2D eigenvalue weighted by atomic mass is 32.2. The van der Waals surface area contributed by atoms with Gasteiger partial charge >= 0.3 is 0 Å². The van der Waals surface area contributed by atoms with E-state index in [1.807, 2.05) is 5.38 Å². The number of carbonyl (C=O) groups excluding carboxylic acids is 1. The van der Waals surface area contributed by atoms with Gasteiger partial charge < -0.3 is 14.8 Å². The first kappa shape index (κ1) is 21.6. The van der Waals surface area contributed by atoms with Crippen LogP contribution in [0.3, 0.4) is 0 Å². The van der Waals surface area contributed by atoms with Crippen molar-refractivity contribution < 1.29 is 22.7 Å². The number of hydrogen-bond donors (Lipinski definition) is 2. The topological polar surface area (TPSA) is 107 Å². The van der Waals surface area contributed by atoms with Crippen molar-refractivity contribution in [1.82, 2.24) is 10.3 Å². The zero-order chi connectivity index (χ0) is 21.6. The van der Waals surface area contributed by atoms with Crippen molar-refractivity contribution in [3.63, 3.8) is 0 Å². The number of nitrogens with one attached hydrogen (secondary N) is 2. The molecule has 1 aromatic heterocycles. The number of anilines is 1. The molecular weight excluding hydrogens is 426 g/mol. The minimum Gasteiger partial charge on any atom is -0.493 e. The standard InChI is InChI=1S/C20H21N3O5S2/c1-27-19-9-14(7-8-18(19)28-11-16-12-29-13-22-16)20(24)21-10-15-5-3-4-6-17(15)23-30(2,25)26/h3-9,12-13,23H,10-11H2,1-2H3,(H,21,24). The third-order valence-electron chi connectivity index (χ3n) is 4.04. The summed E-state index contributed by atoms with van der Waals surface area (Å²) < 4.78 is 36.5. The lowest BCUT2D eigenvalue weighted by Gasteiger charge is -2.13. The predicted molar refractivity (Wildman–Crippen MR) is 116 cm³/mol. The lowest BCUT2D eigenvalue weighted by atomic mass is 10.1. The summed E-state index contributed by atoms with van der Waals surface area (Å²) in [6.07, 6.45) is 1.08. The number of para-hydroxylation sites is 1. The summed E-state index contributed by atoms with van der Waals surface area (Å²) in [6.45, 7) is 0.456. The number of hydrogen-bond acceptors (Lipinski definition) is 7. The van der Waals surface area contributed by atoms with Crippen LogP contribution in [0.2, 0.25) is 0 Å². The lowest BCUT2D eigenvalue weighted by molar-refractivity contribution is 0.0950. The van der Waals surface area contributed by atoms with E-state index in [4.69, 9.17) is 9.47 Å². The summed E-state index contributed by atoms with van der Waals surface area (Å²) in [5.74, 6) is 0.607. The van der Waals surface area contributed by atoms with E-state index in [2.05, 4.69) is 15.0 Å². The maximum atomic E-state index is 12.6. The summed E-state index contributed by atoms with van der Waals surface area (Å²) in [4.78, 5) is 16.7. The summed E-state index contributed by atoms with van der Waals surface area (Å²) in [7, 11) is -1.92. The summed E-state index contributed by atoms with van der Waals surface area (Å²) >= 11 is 1.49. The van der Waals surface area contributed by atoms with E-state index in [1.165, 1.54) is 18.4 Å². The Balaban J connectivity index is 1.67. The fraction of sp³-hybridized carbons (Fsp3) is 0.200. The number of nitrogens with zero attached hydrogens (tertiary/aromatic N) is 1. The van der Waals surface area contributed by atoms with Gasteiger partial charge in [-0.15, -0.1) is 11.3 Å². The molecule has 3 aromatic rings. The molecule has 0 fully saturated rings. The van der Waals surface area contributed by atoms with E-state index in [0.717, 1.165) is 11.9 Å². The van der Waals surface area contributed by atoms with E-state index in [9.17, 15) is 13.2 Å². The number of sulfonamides is 1. The second-order valence-electron chi connectivity index (χ2n) is 6.35. The van der Waals surface area contributed by atoms with Gasteiger partial charge in [0.25, 0.3) is 5.91 Å². The molecule has 0 aliphatic rings. The first-order valence-electron chi connectivity index (χ1n) is 8.87. The van der Waals surface area contributed by atoms with Crippen LogP contribution < -0.4 is 19.5 Å². The van der Waals surface area contributed by atoms with Gasteiger partial charge in [-0.1, -0.05) is 18.2 Å². The highest BCUT2D eigenvalue weighted by Gasteiger charge is 2.13. The van der Waals surface area contributed by atoms with Crippen LogP contribution in [-0.2, 0) is 23.2 Å². The number of methoxy groups -OCH3 is 1. The molecule has 158 valence electrons. The van der Waals surface area contributed by atoms with E-state index < -0.39 is 10.0 Å². The predicted octanol–water partition coefficient (Wildman–Crippen LogP) is 3.03. The summed E-state index contributed by atoms with van der Waals surface area (Å²) in [5, 5.41) is 4.68. The molecule has 0 bridgehead atoms. The van der Waals surface area contributed by atoms with Gasteiger partial charge in [-0.2, -0.15) is 0 Å². The largest absolute Gasteiger partial charge is 0.493 e. The number of aromatic nitrogens is 1. The molecule has 2 N–H and O–H groups in total. The van der Waals surface area contributed by atoms with Gasteiger partial charge in [0.15, 0.2) is 11.5 Å². The van der Waals surface area contributed by atoms with Gasteiger partial charge in [-0.3, -0.25) is 9.52 Å². The van der Waals surface area contributed by atoms with Crippen LogP contribution in [0.15, 0.2) is 53.4 Å². The Morgan fingerprint density at radius 3 is 2.67 bits per heavy atom. The Morgan fingerprint density at radius 1 is 1.17 bits per heavy atom. The van der Waals surface area contributed by atoms with Crippen molar-refractivity contribution in [3.05, 3.63) is 70.2 Å². The molecule has 0 saturated carbocycles. The Hall–Kier alpha value is -3.11. The first-order chi connectivity index (χ1) is 14.4. The van der Waals surface area contributed by atoms with Gasteiger partial charge in [0.2, 0.25) is 10.0 Å². The second kappa shape index (κ2) is 9.59. The van der Waals surface area contributed by atoms with Gasteiger partial charge in [0.1, 0.15) is 6.61 Å². The van der Waals surface area contributed by atoms with E-state index in [-0.39, 0.29) is 12.5 Å². The molecule has 0 saturated heterocycles. The van der Waals surface area contributed by atoms with Crippen molar-refractivity contribution in [2.75, 3.05) is 18.1 Å². The fourth-order valence-electron chi connectivity index (χ4n) is 2.64. The maximum absolute atomic E-state index is 12.6. The highest BCUT2D eigenvalue weighted by molar-refractivity contribution is 7.92. The van der Waals surface area contributed by atoms with Crippen molar-refractivity contribution in [3.8, 4) is 11.5 Å². The van der Waals surface area contributed by atoms with E-state index in [0.29, 0.717) is 34.9 Å². The van der Waals surface area contributed by atoms with Crippen LogP contribution in [0.5, 0.6) is 11.5 Å². The molecular formula is C20H21N3O5S2. The van der Waals surface area contributed by atoms with E-state index >= 15 is 0 Å². The molecule has 0 aliphatic heterocycles. The quantitative estimate of drug-likeness (QED) is 0.522. The third kappa shape index (κ3) is 5.94. The average Bonchev–Trinajstić information content (AvgIpc) is 3.23. The first-order valence-corrected chi connectivity index (χ1v) is 11.7. The Morgan fingerprint density at radius 2 is 1.97 bits per heavy atom. The van der Waals surface area contributed by atoms with Crippen LogP contribution in [0.25, 0.3) is 0 Å². The summed E-state index contributed by atoms with van der Waals surface area (Å²) in [6, 6.07) is 11.8. The Labute approximate surface area is 178 Å². The number of ether oxygens (including phenoxy) is 2. The number of benzene rings is 2. The van der Waals surface area contributed by atoms with Crippen molar-refractivity contribution in [2.24, 2.45) is 0 Å². The highest BCUT2D eigenvalue weighted by Crippen LogP contribution is 2.29. The smallest absolute Gasteiger partial charge is 0.251 e. The van der Waals surface area contributed by atoms with Gasteiger partial charge in [0.05, 0.1) is 30.3 Å². The van der Waals surface area contributed by atoms with Crippen LogP contribution in [0, 0.1) is 0 Å². The molecule has 0 aliphatic carbocycles. The fourth-order valence-corrected chi connectivity index (χ4v) is 3.78. The molecule has 0 atom stereocenters. The molecule has 10 heteroatoms. The zero-order valence-electron chi connectivity index (χ0n) is 16.4. The molecule has 1 heterocycles. The van der Waals surface area contributed by atoms with Crippen LogP contribution in [0.4, 0.5) is 5.69 Å². The van der Waals surface area contributed by atoms with Crippen LogP contribution >= 0.6 is 11.3 Å². The monoisotopic (exact) mass is 447 g/mol. The number of amides is 1. The normalized spacial score (nSPS) is 11.0. The Bertz CT molecular complexity index is 1120. The van der Waals surface area contributed by atoms with Crippen molar-refractivity contribution >= 4 is 33.0 Å². The van der Waals surface area contributed by atoms with Crippen molar-refractivity contribution in [2.45, 2.75) is 13.2 Å². The maximum Gasteiger partial charge on any atom is 0.251 e. The minimum atomic E-state index is -3.42. The lowest BCUT2D eigenvalue weighted by Crippen LogP contribution is -2.23. The Kier molecular flexibility index (Phi) is 6.91. The van der Waals surface area contributed by atoms with Gasteiger partial charge in [-0.05, 0) is 29.8 Å². The molecule has 3 rings (SSSR count). The average molecular weight is 448 g/mol.